The molecular formula is C11H18N2O. The average molecular weight is 194 g/mol. The van der Waals surface area contributed by atoms with Crippen molar-refractivity contribution in [2.24, 2.45) is 5.84 Å². The van der Waals surface area contributed by atoms with Crippen molar-refractivity contribution >= 4 is 0 Å². The molecule has 1 rings (SSSR count). The highest BCUT2D eigenvalue weighted by Crippen LogP contribution is 2.16. The summed E-state index contributed by atoms with van der Waals surface area (Å²) in [7, 11) is 0. The summed E-state index contributed by atoms with van der Waals surface area (Å²) >= 11 is 0. The summed E-state index contributed by atoms with van der Waals surface area (Å²) in [6, 6.07) is 8.26. The molecule has 1 atom stereocenters. The second kappa shape index (κ2) is 5.75. The van der Waals surface area contributed by atoms with Gasteiger partial charge < -0.3 is 4.74 Å². The maximum Gasteiger partial charge on any atom is 0.0696 e. The highest BCUT2D eigenvalue weighted by Gasteiger charge is 2.10. The maximum absolute atomic E-state index is 5.48. The lowest BCUT2D eigenvalue weighted by atomic mass is 10.0. The minimum atomic E-state index is 0.0798. The summed E-state index contributed by atoms with van der Waals surface area (Å²) in [5, 5.41) is 0. The topological polar surface area (TPSA) is 47.3 Å². The van der Waals surface area contributed by atoms with Gasteiger partial charge in [-0.2, -0.15) is 0 Å². The zero-order valence-electron chi connectivity index (χ0n) is 8.79. The smallest absolute Gasteiger partial charge is 0.0696 e. The molecule has 0 saturated heterocycles. The molecule has 1 aromatic rings. The number of hydrogen-bond donors (Lipinski definition) is 2. The Morgan fingerprint density at radius 3 is 2.71 bits per heavy atom. The fourth-order valence-corrected chi connectivity index (χ4v) is 1.44. The summed E-state index contributed by atoms with van der Waals surface area (Å²) < 4.78 is 5.35. The van der Waals surface area contributed by atoms with Crippen LogP contribution in [0.25, 0.3) is 0 Å². The van der Waals surface area contributed by atoms with E-state index in [9.17, 15) is 0 Å². The van der Waals surface area contributed by atoms with Gasteiger partial charge in [0.25, 0.3) is 0 Å². The molecule has 1 aromatic carbocycles. The summed E-state index contributed by atoms with van der Waals surface area (Å²) in [4.78, 5) is 0. The highest BCUT2D eigenvalue weighted by molar-refractivity contribution is 5.28. The Morgan fingerprint density at radius 1 is 1.43 bits per heavy atom. The van der Waals surface area contributed by atoms with Crippen LogP contribution in [-0.2, 0) is 4.74 Å². The van der Waals surface area contributed by atoms with Crippen LogP contribution >= 0.6 is 0 Å². The fraction of sp³-hybridized carbons (Fsp3) is 0.455. The Bertz CT molecular complexity index is 276. The molecule has 14 heavy (non-hydrogen) atoms. The van der Waals surface area contributed by atoms with Gasteiger partial charge in [-0.25, -0.2) is 0 Å². The van der Waals surface area contributed by atoms with Crippen LogP contribution < -0.4 is 11.3 Å². The first-order valence-electron chi connectivity index (χ1n) is 4.89. The van der Waals surface area contributed by atoms with Gasteiger partial charge in [-0.3, -0.25) is 11.3 Å². The van der Waals surface area contributed by atoms with Gasteiger partial charge in [0.05, 0.1) is 12.6 Å². The maximum atomic E-state index is 5.48. The Balaban J connectivity index is 2.73. The molecule has 1 unspecified atom stereocenters. The average Bonchev–Trinajstić information content (AvgIpc) is 2.21. The quantitative estimate of drug-likeness (QED) is 0.552. The van der Waals surface area contributed by atoms with E-state index in [1.807, 2.05) is 19.1 Å². The van der Waals surface area contributed by atoms with Crippen molar-refractivity contribution in [1.82, 2.24) is 5.43 Å². The van der Waals surface area contributed by atoms with Crippen molar-refractivity contribution in [1.29, 1.82) is 0 Å². The number of nitrogens with two attached hydrogens (primary N) is 1. The second-order valence-corrected chi connectivity index (χ2v) is 3.24. The fourth-order valence-electron chi connectivity index (χ4n) is 1.44. The molecule has 0 fully saturated rings. The molecule has 0 aliphatic rings. The molecule has 0 bridgehead atoms. The van der Waals surface area contributed by atoms with Gasteiger partial charge in [0, 0.05) is 6.61 Å². The first-order valence-corrected chi connectivity index (χ1v) is 4.89. The van der Waals surface area contributed by atoms with Crippen LogP contribution in [0, 0.1) is 6.92 Å². The molecule has 78 valence electrons. The van der Waals surface area contributed by atoms with E-state index in [2.05, 4.69) is 24.5 Å². The predicted molar refractivity (Wildman–Crippen MR) is 57.7 cm³/mol. The van der Waals surface area contributed by atoms with E-state index >= 15 is 0 Å². The van der Waals surface area contributed by atoms with E-state index in [1.54, 1.807) is 0 Å². The van der Waals surface area contributed by atoms with E-state index in [0.29, 0.717) is 13.2 Å². The van der Waals surface area contributed by atoms with E-state index in [4.69, 9.17) is 10.6 Å². The molecule has 3 heteroatoms. The van der Waals surface area contributed by atoms with Gasteiger partial charge >= 0.3 is 0 Å². The van der Waals surface area contributed by atoms with E-state index in [-0.39, 0.29) is 6.04 Å². The standard InChI is InChI=1S/C11H18N2O/c1-3-14-8-11(13-12)10-7-5-4-6-9(10)2/h4-7,11,13H,3,8,12H2,1-2H3. The minimum Gasteiger partial charge on any atom is -0.380 e. The third-order valence-corrected chi connectivity index (χ3v) is 2.25. The molecular weight excluding hydrogens is 176 g/mol. The monoisotopic (exact) mass is 194 g/mol. The lowest BCUT2D eigenvalue weighted by Gasteiger charge is -2.17. The van der Waals surface area contributed by atoms with Crippen LogP contribution in [0.15, 0.2) is 24.3 Å². The molecule has 0 heterocycles. The third kappa shape index (κ3) is 2.80. The zero-order valence-corrected chi connectivity index (χ0v) is 8.79. The van der Waals surface area contributed by atoms with Crippen molar-refractivity contribution in [2.45, 2.75) is 19.9 Å². The van der Waals surface area contributed by atoms with Crippen LogP contribution in [0.3, 0.4) is 0 Å². The SMILES string of the molecule is CCOCC(NN)c1ccccc1C. The summed E-state index contributed by atoms with van der Waals surface area (Å²) in [6.45, 7) is 5.37. The Morgan fingerprint density at radius 2 is 2.14 bits per heavy atom. The lowest BCUT2D eigenvalue weighted by molar-refractivity contribution is 0.123. The largest absolute Gasteiger partial charge is 0.380 e. The molecule has 0 radical (unpaired) electrons. The first-order chi connectivity index (χ1) is 6.79. The van der Waals surface area contributed by atoms with Crippen molar-refractivity contribution in [3.8, 4) is 0 Å². The number of hydrazine groups is 1. The number of benzene rings is 1. The summed E-state index contributed by atoms with van der Waals surface area (Å²) in [6.07, 6.45) is 0. The predicted octanol–water partition coefficient (Wildman–Crippen LogP) is 1.54. The van der Waals surface area contributed by atoms with Crippen molar-refractivity contribution in [2.75, 3.05) is 13.2 Å². The second-order valence-electron chi connectivity index (χ2n) is 3.24. The molecule has 0 amide bonds. The van der Waals surface area contributed by atoms with Crippen LogP contribution in [-0.4, -0.2) is 13.2 Å². The normalized spacial score (nSPS) is 12.8. The lowest BCUT2D eigenvalue weighted by Crippen LogP contribution is -2.31. The minimum absolute atomic E-state index is 0.0798. The first kappa shape index (κ1) is 11.2. The van der Waals surface area contributed by atoms with Crippen molar-refractivity contribution in [3.05, 3.63) is 35.4 Å². The van der Waals surface area contributed by atoms with Crippen LogP contribution in [0.1, 0.15) is 24.1 Å². The molecule has 0 aliphatic heterocycles. The Labute approximate surface area is 85.2 Å². The van der Waals surface area contributed by atoms with Gasteiger partial charge in [-0.1, -0.05) is 24.3 Å². The van der Waals surface area contributed by atoms with Crippen LogP contribution in [0.2, 0.25) is 0 Å². The van der Waals surface area contributed by atoms with E-state index in [0.717, 1.165) is 0 Å². The van der Waals surface area contributed by atoms with Gasteiger partial charge in [-0.15, -0.1) is 0 Å². The molecule has 0 saturated carbocycles. The van der Waals surface area contributed by atoms with Gasteiger partial charge in [-0.05, 0) is 25.0 Å². The van der Waals surface area contributed by atoms with Gasteiger partial charge in [0.15, 0.2) is 0 Å². The molecule has 0 spiro atoms. The number of ether oxygens (including phenoxy) is 1. The summed E-state index contributed by atoms with van der Waals surface area (Å²) in [5.41, 5.74) is 5.20. The van der Waals surface area contributed by atoms with Gasteiger partial charge in [0.2, 0.25) is 0 Å². The highest BCUT2D eigenvalue weighted by atomic mass is 16.5. The number of aryl methyl sites for hydroxylation is 1. The zero-order chi connectivity index (χ0) is 10.4. The van der Waals surface area contributed by atoms with E-state index < -0.39 is 0 Å². The number of nitrogens with one attached hydrogen (secondary N) is 1. The Kier molecular flexibility index (Phi) is 4.59. The number of rotatable bonds is 5. The van der Waals surface area contributed by atoms with Crippen molar-refractivity contribution < 1.29 is 4.74 Å². The Hall–Kier alpha value is -0.900. The third-order valence-electron chi connectivity index (χ3n) is 2.25. The van der Waals surface area contributed by atoms with Crippen LogP contribution in [0.5, 0.6) is 0 Å². The van der Waals surface area contributed by atoms with Crippen molar-refractivity contribution in [3.63, 3.8) is 0 Å². The molecule has 3 N–H and O–H groups in total. The summed E-state index contributed by atoms with van der Waals surface area (Å²) in [5.74, 6) is 5.48. The van der Waals surface area contributed by atoms with Crippen LogP contribution in [0.4, 0.5) is 0 Å². The molecule has 3 nitrogen and oxygen atoms in total. The molecule has 0 aromatic heterocycles. The van der Waals surface area contributed by atoms with E-state index in [1.165, 1.54) is 11.1 Å². The van der Waals surface area contributed by atoms with Gasteiger partial charge in [0.1, 0.15) is 0 Å². The molecule has 0 aliphatic carbocycles. The number of hydrogen-bond acceptors (Lipinski definition) is 3.